The lowest BCUT2D eigenvalue weighted by atomic mass is 8.57. The first-order valence-electron chi connectivity index (χ1n) is 8.90. The molecule has 1 aliphatic heterocycles. The van der Waals surface area contributed by atoms with Gasteiger partial charge in [0.15, 0.2) is 0 Å². The van der Waals surface area contributed by atoms with E-state index in [9.17, 15) is 9.59 Å². The van der Waals surface area contributed by atoms with Gasteiger partial charge in [0.2, 0.25) is 0 Å². The largest absolute Gasteiger partial charge is 0.299 e. The van der Waals surface area contributed by atoms with Crippen molar-refractivity contribution < 1.29 is 9.59 Å². The second-order valence-corrected chi connectivity index (χ2v) is 8.02. The monoisotopic (exact) mass is 304 g/mol. The molecule has 1 heterocycles. The van der Waals surface area contributed by atoms with Gasteiger partial charge in [0.25, 0.3) is 0 Å². The summed E-state index contributed by atoms with van der Waals surface area (Å²) in [6, 6.07) is 0. The Bertz CT molecular complexity index is 480. The SMILES string of the molecule is [B]B([B])B([B])B(B([B])[B])B1CC1CC(CC1CC1)(C(C)=O)C(C)=O. The van der Waals surface area contributed by atoms with E-state index in [0.29, 0.717) is 18.8 Å². The smallest absolute Gasteiger partial charge is 0.143 e. The van der Waals surface area contributed by atoms with Crippen LogP contribution in [0.2, 0.25) is 12.1 Å². The molecule has 2 nitrogen and oxygen atoms in total. The van der Waals surface area contributed by atoms with Gasteiger partial charge in [0.05, 0.1) is 12.0 Å². The summed E-state index contributed by atoms with van der Waals surface area (Å²) in [7, 11) is 29.3. The second-order valence-electron chi connectivity index (χ2n) is 8.02. The number of Topliss-reactive ketones (excluding diaryl/α,β-unsaturated/α-hetero) is 2. The van der Waals surface area contributed by atoms with Gasteiger partial charge >= 0.3 is 0 Å². The minimum absolute atomic E-state index is 0.0269. The second kappa shape index (κ2) is 7.70. The summed E-state index contributed by atoms with van der Waals surface area (Å²) in [6.45, 7) is 3.25. The van der Waals surface area contributed by atoms with Crippen LogP contribution >= 0.6 is 0 Å². The van der Waals surface area contributed by atoms with Gasteiger partial charge < -0.3 is 0 Å². The fourth-order valence-corrected chi connectivity index (χ4v) is 4.23. The molecule has 1 unspecified atom stereocenters. The van der Waals surface area contributed by atoms with E-state index in [0.717, 1.165) is 19.2 Å². The highest BCUT2D eigenvalue weighted by Gasteiger charge is 2.55. The highest BCUT2D eigenvalue weighted by molar-refractivity contribution is 8.01. The third kappa shape index (κ3) is 4.39. The number of ketones is 2. The van der Waals surface area contributed by atoms with Crippen molar-refractivity contribution in [2.24, 2.45) is 11.3 Å². The summed E-state index contributed by atoms with van der Waals surface area (Å²) < 4.78 is 0. The molecule has 1 saturated carbocycles. The molecule has 2 fully saturated rings. The van der Waals surface area contributed by atoms with E-state index in [1.807, 2.05) is 0 Å². The lowest BCUT2D eigenvalue weighted by Crippen LogP contribution is -2.63. The van der Waals surface area contributed by atoms with Crippen molar-refractivity contribution in [3.05, 3.63) is 0 Å². The summed E-state index contributed by atoms with van der Waals surface area (Å²) in [5.41, 5.74) is -0.862. The minimum Gasteiger partial charge on any atom is -0.299 e. The summed E-state index contributed by atoms with van der Waals surface area (Å²) in [4.78, 5) is 24.7. The van der Waals surface area contributed by atoms with Crippen LogP contribution in [0.3, 0.4) is 0 Å². The van der Waals surface area contributed by atoms with Crippen LogP contribution in [0.1, 0.15) is 39.5 Å². The van der Waals surface area contributed by atoms with Crippen molar-refractivity contribution in [1.82, 2.24) is 0 Å². The van der Waals surface area contributed by atoms with Gasteiger partial charge in [-0.1, -0.05) is 25.0 Å². The molecule has 0 N–H and O–H groups in total. The molecule has 0 bridgehead atoms. The van der Waals surface area contributed by atoms with E-state index in [1.54, 1.807) is 0 Å². The molecule has 24 heavy (non-hydrogen) atoms. The number of carbonyl (C=O) groups is 2. The van der Waals surface area contributed by atoms with E-state index in [4.69, 9.17) is 38.7 Å². The van der Waals surface area contributed by atoms with Crippen molar-refractivity contribution in [2.75, 3.05) is 0 Å². The van der Waals surface area contributed by atoms with Crippen molar-refractivity contribution in [1.29, 1.82) is 0 Å². The highest BCUT2D eigenvalue weighted by atomic mass is 16.2. The number of hydrogen-bond donors (Lipinski definition) is 0. The van der Waals surface area contributed by atoms with Gasteiger partial charge in [-0.25, -0.2) is 0 Å². The van der Waals surface area contributed by atoms with Crippen molar-refractivity contribution >= 4 is 82.4 Å². The highest BCUT2D eigenvalue weighted by Crippen LogP contribution is 2.52. The van der Waals surface area contributed by atoms with Crippen LogP contribution in [-0.4, -0.2) is 82.4 Å². The Hall–Kier alpha value is -0.0106. The summed E-state index contributed by atoms with van der Waals surface area (Å²) in [5, 5.41) is 0. The van der Waals surface area contributed by atoms with Gasteiger partial charge in [0.1, 0.15) is 11.6 Å². The molecule has 1 saturated heterocycles. The number of carbonyl (C=O) groups excluding carboxylic acids is 2. The molecule has 0 aromatic heterocycles. The maximum atomic E-state index is 12.4. The normalized spacial score (nSPS) is 19.6. The standard InChI is InChI=1S/C12H18B10O2/c1-8(23)12(9(2)24,5-10-3-4-10)6-11-7-18(11)22(20(15)16)21(17)19(13)14/h10-11H,3-7H2,1-2H3. The van der Waals surface area contributed by atoms with Gasteiger partial charge in [-0.2, -0.15) is 0 Å². The zero-order valence-electron chi connectivity index (χ0n) is 14.8. The van der Waals surface area contributed by atoms with Gasteiger partial charge in [-0.3, -0.25) is 9.59 Å². The van der Waals surface area contributed by atoms with Crippen LogP contribution in [0, 0.1) is 11.3 Å². The molecule has 0 aromatic carbocycles. The van der Waals surface area contributed by atoms with Crippen LogP contribution < -0.4 is 0 Å². The fraction of sp³-hybridized carbons (Fsp3) is 0.833. The molecule has 0 amide bonds. The molecule has 0 spiro atoms. The van der Waals surface area contributed by atoms with Crippen LogP contribution in [0.5, 0.6) is 0 Å². The molecule has 12 heteroatoms. The first kappa shape index (κ1) is 20.3. The molecular weight excluding hydrogens is 284 g/mol. The summed E-state index contributed by atoms with van der Waals surface area (Å²) in [6.07, 6.45) is 2.32. The molecule has 1 atom stereocenters. The van der Waals surface area contributed by atoms with E-state index < -0.39 is 24.6 Å². The molecule has 10 radical (unpaired) electrons. The van der Waals surface area contributed by atoms with Crippen LogP contribution in [0.25, 0.3) is 0 Å². The zero-order valence-corrected chi connectivity index (χ0v) is 14.8. The van der Waals surface area contributed by atoms with E-state index >= 15 is 0 Å². The van der Waals surface area contributed by atoms with Gasteiger partial charge in [-0.05, 0) is 32.6 Å². The molecule has 108 valence electrons. The van der Waals surface area contributed by atoms with Crippen molar-refractivity contribution in [3.8, 4) is 0 Å². The summed E-state index contributed by atoms with van der Waals surface area (Å²) in [5.74, 6) is 0.671. The maximum absolute atomic E-state index is 12.4. The van der Waals surface area contributed by atoms with Gasteiger partial charge in [-0.15, -0.1) is 0 Å². The molecule has 0 aromatic rings. The van der Waals surface area contributed by atoms with Crippen LogP contribution in [-0.2, 0) is 9.59 Å². The number of rotatable bonds is 10. The Balaban J connectivity index is 2.11. The third-order valence-electron chi connectivity index (χ3n) is 6.10. The minimum atomic E-state index is -0.862. The molecule has 2 rings (SSSR count). The third-order valence-corrected chi connectivity index (χ3v) is 6.10. The first-order chi connectivity index (χ1) is 11.1. The molecular formula is C12H18B10O2. The Morgan fingerprint density at radius 1 is 1.00 bits per heavy atom. The Kier molecular flexibility index (Phi) is 6.52. The maximum Gasteiger partial charge on any atom is 0.143 e. The molecule has 1 aliphatic carbocycles. The Labute approximate surface area is 155 Å². The topological polar surface area (TPSA) is 34.1 Å². The van der Waals surface area contributed by atoms with Gasteiger partial charge in [0, 0.05) is 64.2 Å². The first-order valence-corrected chi connectivity index (χ1v) is 8.90. The van der Waals surface area contributed by atoms with Crippen molar-refractivity contribution in [2.45, 2.75) is 51.7 Å². The van der Waals surface area contributed by atoms with E-state index in [1.165, 1.54) is 13.8 Å². The average molecular weight is 302 g/mol. The van der Waals surface area contributed by atoms with Crippen LogP contribution in [0.4, 0.5) is 0 Å². The van der Waals surface area contributed by atoms with E-state index in [2.05, 4.69) is 0 Å². The quantitative estimate of drug-likeness (QED) is 0.377. The zero-order chi connectivity index (χ0) is 18.2. The van der Waals surface area contributed by atoms with Crippen molar-refractivity contribution in [3.63, 3.8) is 0 Å². The lowest BCUT2D eigenvalue weighted by Gasteiger charge is -2.30. The van der Waals surface area contributed by atoms with Crippen LogP contribution in [0.15, 0.2) is 0 Å². The Morgan fingerprint density at radius 3 is 1.92 bits per heavy atom. The molecule has 2 aliphatic rings. The Morgan fingerprint density at radius 2 is 1.54 bits per heavy atom. The summed E-state index contributed by atoms with van der Waals surface area (Å²) >= 11 is 0. The fourth-order valence-electron chi connectivity index (χ4n) is 4.23. The average Bonchev–Trinajstić information content (AvgIpc) is 3.35. The number of hydrogen-bond acceptors (Lipinski definition) is 2. The predicted octanol–water partition coefficient (Wildman–Crippen LogP) is -1.16. The van der Waals surface area contributed by atoms with E-state index in [-0.39, 0.29) is 30.4 Å². The predicted molar refractivity (Wildman–Crippen MR) is 112 cm³/mol. The lowest BCUT2D eigenvalue weighted by molar-refractivity contribution is -0.139.